The van der Waals surface area contributed by atoms with Crippen LogP contribution in [0.1, 0.15) is 11.7 Å². The molecule has 0 saturated carbocycles. The molecule has 7 heteroatoms. The molecule has 1 rings (SSSR count). The van der Waals surface area contributed by atoms with E-state index in [0.717, 1.165) is 7.11 Å². The zero-order chi connectivity index (χ0) is 13.2. The van der Waals surface area contributed by atoms with E-state index in [2.05, 4.69) is 4.74 Å². The van der Waals surface area contributed by atoms with Crippen molar-refractivity contribution in [2.75, 3.05) is 12.8 Å². The van der Waals surface area contributed by atoms with Crippen LogP contribution in [0.25, 0.3) is 0 Å². The number of carbonyl (C=O) groups excluding carboxylic acids is 1. The Morgan fingerprint density at radius 3 is 2.65 bits per heavy atom. The van der Waals surface area contributed by atoms with Gasteiger partial charge in [-0.1, -0.05) is 17.7 Å². The minimum absolute atomic E-state index is 0.142. The van der Waals surface area contributed by atoms with E-state index in [1.807, 2.05) is 0 Å². The molecule has 0 aromatic heterocycles. The summed E-state index contributed by atoms with van der Waals surface area (Å²) in [6, 6.07) is 2.39. The molecule has 0 saturated heterocycles. The van der Waals surface area contributed by atoms with E-state index in [0.29, 0.717) is 0 Å². The molecule has 1 aromatic carbocycles. The second-order valence-electron chi connectivity index (χ2n) is 3.28. The number of benzene rings is 1. The molecule has 94 valence electrons. The first-order valence-electron chi connectivity index (χ1n) is 4.57. The van der Waals surface area contributed by atoms with Gasteiger partial charge in [-0.2, -0.15) is 0 Å². The quantitative estimate of drug-likeness (QED) is 0.549. The van der Waals surface area contributed by atoms with E-state index in [1.165, 1.54) is 12.1 Å². The van der Waals surface area contributed by atoms with Gasteiger partial charge in [0.05, 0.1) is 17.8 Å². The Labute approximate surface area is 102 Å². The number of carbonyl (C=O) groups is 1. The number of halogens is 2. The van der Waals surface area contributed by atoms with Gasteiger partial charge >= 0.3 is 5.97 Å². The third-order valence-corrected chi connectivity index (χ3v) is 2.59. The Bertz CT molecular complexity index is 441. The molecule has 1 aromatic rings. The Hall–Kier alpha value is -1.37. The van der Waals surface area contributed by atoms with Gasteiger partial charge in [0, 0.05) is 5.56 Å². The van der Waals surface area contributed by atoms with Crippen LogP contribution in [0.3, 0.4) is 0 Å². The largest absolute Gasteiger partial charge is 0.467 e. The van der Waals surface area contributed by atoms with E-state index >= 15 is 0 Å². The van der Waals surface area contributed by atoms with E-state index in [1.54, 1.807) is 0 Å². The summed E-state index contributed by atoms with van der Waals surface area (Å²) in [5, 5.41) is 18.6. The molecule has 0 bridgehead atoms. The average molecular weight is 264 g/mol. The number of esters is 1. The van der Waals surface area contributed by atoms with Crippen molar-refractivity contribution in [3.05, 3.63) is 28.5 Å². The van der Waals surface area contributed by atoms with Crippen LogP contribution < -0.4 is 5.73 Å². The fraction of sp³-hybridized carbons (Fsp3) is 0.300. The third-order valence-electron chi connectivity index (χ3n) is 2.20. The lowest BCUT2D eigenvalue weighted by molar-refractivity contribution is -0.156. The molecule has 17 heavy (non-hydrogen) atoms. The first-order valence-corrected chi connectivity index (χ1v) is 4.95. The maximum atomic E-state index is 13.3. The summed E-state index contributed by atoms with van der Waals surface area (Å²) < 4.78 is 17.6. The predicted molar refractivity (Wildman–Crippen MR) is 58.8 cm³/mol. The van der Waals surface area contributed by atoms with Crippen molar-refractivity contribution in [1.82, 2.24) is 0 Å². The second-order valence-corrected chi connectivity index (χ2v) is 3.66. The molecule has 0 heterocycles. The third kappa shape index (κ3) is 2.66. The number of nitrogens with two attached hydrogens (primary N) is 1. The number of ether oxygens (including phenoxy) is 1. The van der Waals surface area contributed by atoms with E-state index in [9.17, 15) is 19.4 Å². The lowest BCUT2D eigenvalue weighted by atomic mass is 10.0. The first-order chi connectivity index (χ1) is 7.90. The molecule has 0 aliphatic carbocycles. The summed E-state index contributed by atoms with van der Waals surface area (Å²) in [5.74, 6) is -1.97. The monoisotopic (exact) mass is 263 g/mol. The molecule has 0 aliphatic heterocycles. The van der Waals surface area contributed by atoms with Crippen molar-refractivity contribution < 1.29 is 24.1 Å². The lowest BCUT2D eigenvalue weighted by Gasteiger charge is -2.17. The van der Waals surface area contributed by atoms with Crippen molar-refractivity contribution in [2.45, 2.75) is 12.2 Å². The minimum Gasteiger partial charge on any atom is -0.467 e. The maximum absolute atomic E-state index is 13.3. The van der Waals surface area contributed by atoms with Gasteiger partial charge in [0.15, 0.2) is 11.9 Å². The Morgan fingerprint density at radius 2 is 2.12 bits per heavy atom. The van der Waals surface area contributed by atoms with Crippen LogP contribution in [0, 0.1) is 5.82 Å². The molecule has 0 radical (unpaired) electrons. The first kappa shape index (κ1) is 13.7. The van der Waals surface area contributed by atoms with E-state index in [-0.39, 0.29) is 11.3 Å². The Morgan fingerprint density at radius 1 is 1.53 bits per heavy atom. The van der Waals surface area contributed by atoms with Crippen molar-refractivity contribution in [2.24, 2.45) is 0 Å². The van der Waals surface area contributed by atoms with Crippen molar-refractivity contribution in [3.8, 4) is 0 Å². The molecular weight excluding hydrogens is 253 g/mol. The van der Waals surface area contributed by atoms with Gasteiger partial charge in [0.25, 0.3) is 0 Å². The molecule has 2 atom stereocenters. The summed E-state index contributed by atoms with van der Waals surface area (Å²) in [5.41, 5.74) is 4.92. The summed E-state index contributed by atoms with van der Waals surface area (Å²) in [4.78, 5) is 11.0. The highest BCUT2D eigenvalue weighted by molar-refractivity contribution is 6.31. The number of nitrogen functional groups attached to an aromatic ring is 1. The predicted octanol–water partition coefficient (Wildman–Crippen LogP) is 0.629. The number of hydrogen-bond donors (Lipinski definition) is 3. The van der Waals surface area contributed by atoms with Gasteiger partial charge in [0.2, 0.25) is 0 Å². The summed E-state index contributed by atoms with van der Waals surface area (Å²) in [7, 11) is 1.05. The molecular formula is C10H11ClFNO4. The maximum Gasteiger partial charge on any atom is 0.337 e. The summed E-state index contributed by atoms with van der Waals surface area (Å²) in [6.45, 7) is 0. The van der Waals surface area contributed by atoms with Crippen LogP contribution in [0.5, 0.6) is 0 Å². The van der Waals surface area contributed by atoms with Crippen molar-refractivity contribution >= 4 is 23.3 Å². The smallest absolute Gasteiger partial charge is 0.337 e. The SMILES string of the molecule is COC(=O)C(O)C(O)c1ccc(N)c(F)c1Cl. The number of aliphatic hydroxyl groups excluding tert-OH is 2. The van der Waals surface area contributed by atoms with E-state index in [4.69, 9.17) is 17.3 Å². The summed E-state index contributed by atoms with van der Waals surface area (Å²) >= 11 is 5.61. The van der Waals surface area contributed by atoms with E-state index < -0.39 is 29.0 Å². The Kier molecular flexibility index (Phi) is 4.28. The van der Waals surface area contributed by atoms with Crippen LogP contribution in [-0.4, -0.2) is 29.4 Å². The molecule has 0 aliphatic rings. The molecule has 0 spiro atoms. The minimum atomic E-state index is -1.85. The standard InChI is InChI=1S/C10H11ClFNO4/c1-17-10(16)9(15)8(14)4-2-3-5(13)7(12)6(4)11/h2-3,8-9,14-15H,13H2,1H3. The van der Waals surface area contributed by atoms with Crippen LogP contribution in [-0.2, 0) is 9.53 Å². The van der Waals surface area contributed by atoms with Crippen molar-refractivity contribution in [3.63, 3.8) is 0 Å². The number of anilines is 1. The fourth-order valence-electron chi connectivity index (χ4n) is 1.23. The highest BCUT2D eigenvalue weighted by atomic mass is 35.5. The number of aliphatic hydroxyl groups is 2. The average Bonchev–Trinajstić information content (AvgIpc) is 2.33. The highest BCUT2D eigenvalue weighted by Gasteiger charge is 2.29. The molecule has 0 fully saturated rings. The van der Waals surface area contributed by atoms with Gasteiger partial charge in [0.1, 0.15) is 6.10 Å². The van der Waals surface area contributed by atoms with Gasteiger partial charge < -0.3 is 20.7 Å². The molecule has 0 amide bonds. The number of methoxy groups -OCH3 is 1. The molecule has 2 unspecified atom stereocenters. The van der Waals surface area contributed by atoms with Gasteiger partial charge in [-0.05, 0) is 6.07 Å². The van der Waals surface area contributed by atoms with Crippen LogP contribution in [0.2, 0.25) is 5.02 Å². The lowest BCUT2D eigenvalue weighted by Crippen LogP contribution is -2.29. The van der Waals surface area contributed by atoms with Crippen LogP contribution in [0.4, 0.5) is 10.1 Å². The van der Waals surface area contributed by atoms with Gasteiger partial charge in [-0.3, -0.25) is 0 Å². The van der Waals surface area contributed by atoms with Gasteiger partial charge in [-0.25, -0.2) is 9.18 Å². The van der Waals surface area contributed by atoms with Crippen LogP contribution in [0.15, 0.2) is 12.1 Å². The normalized spacial score (nSPS) is 14.2. The zero-order valence-corrected chi connectivity index (χ0v) is 9.61. The fourth-order valence-corrected chi connectivity index (χ4v) is 1.51. The Balaban J connectivity index is 3.09. The topological polar surface area (TPSA) is 92.8 Å². The highest BCUT2D eigenvalue weighted by Crippen LogP contribution is 2.30. The summed E-state index contributed by atoms with van der Waals surface area (Å²) in [6.07, 6.45) is -3.54. The second kappa shape index (κ2) is 5.31. The number of rotatable bonds is 3. The van der Waals surface area contributed by atoms with Gasteiger partial charge in [-0.15, -0.1) is 0 Å². The molecule has 4 N–H and O–H groups in total. The zero-order valence-electron chi connectivity index (χ0n) is 8.85. The molecule has 5 nitrogen and oxygen atoms in total. The van der Waals surface area contributed by atoms with Crippen molar-refractivity contribution in [1.29, 1.82) is 0 Å². The van der Waals surface area contributed by atoms with Crippen LogP contribution >= 0.6 is 11.6 Å². The number of hydrogen-bond acceptors (Lipinski definition) is 5.